The first kappa shape index (κ1) is 18.7. The molecule has 0 radical (unpaired) electrons. The molecule has 7 nitrogen and oxygen atoms in total. The fraction of sp³-hybridized carbons (Fsp3) is 0.158. The van der Waals surface area contributed by atoms with E-state index in [1.165, 1.54) is 11.8 Å². The first-order valence-electron chi connectivity index (χ1n) is 8.19. The molecule has 27 heavy (non-hydrogen) atoms. The van der Waals surface area contributed by atoms with Gasteiger partial charge in [-0.3, -0.25) is 0 Å². The number of carbonyl (C=O) groups excluding carboxylic acids is 1. The van der Waals surface area contributed by atoms with Gasteiger partial charge in [-0.05, 0) is 37.4 Å². The number of ether oxygens (including phenoxy) is 1. The average Bonchev–Trinajstić information content (AvgIpc) is 2.67. The molecule has 0 fully saturated rings. The highest BCUT2D eigenvalue weighted by Gasteiger charge is 2.13. The predicted molar refractivity (Wildman–Crippen MR) is 106 cm³/mol. The summed E-state index contributed by atoms with van der Waals surface area (Å²) >= 11 is 1.48. The van der Waals surface area contributed by atoms with E-state index in [-0.39, 0.29) is 18.4 Å². The van der Waals surface area contributed by atoms with Crippen molar-refractivity contribution in [2.45, 2.75) is 18.4 Å². The second-order valence-electron chi connectivity index (χ2n) is 5.70. The van der Waals surface area contributed by atoms with Crippen LogP contribution in [0.1, 0.15) is 21.7 Å². The van der Waals surface area contributed by atoms with Crippen LogP contribution in [-0.4, -0.2) is 27.2 Å². The summed E-state index contributed by atoms with van der Waals surface area (Å²) in [6.45, 7) is 1.91. The van der Waals surface area contributed by atoms with Gasteiger partial charge in [0.15, 0.2) is 12.4 Å². The second-order valence-corrected chi connectivity index (χ2v) is 6.55. The number of esters is 1. The quantitative estimate of drug-likeness (QED) is 0.493. The molecule has 0 amide bonds. The van der Waals surface area contributed by atoms with E-state index >= 15 is 0 Å². The van der Waals surface area contributed by atoms with Gasteiger partial charge in [0.2, 0.25) is 11.9 Å². The maximum atomic E-state index is 12.3. The van der Waals surface area contributed by atoms with E-state index in [9.17, 15) is 4.79 Å². The van der Waals surface area contributed by atoms with Gasteiger partial charge in [-0.15, -0.1) is 11.8 Å². The number of nitrogens with one attached hydrogen (secondary N) is 1. The van der Waals surface area contributed by atoms with Crippen LogP contribution in [0, 0.1) is 6.92 Å². The molecule has 0 aliphatic carbocycles. The lowest BCUT2D eigenvalue weighted by molar-refractivity contribution is 0.0458. The molecule has 0 atom stereocenters. The van der Waals surface area contributed by atoms with Crippen molar-refractivity contribution in [1.82, 2.24) is 15.0 Å². The first-order chi connectivity index (χ1) is 13.0. The predicted octanol–water partition coefficient (Wildman–Crippen LogP) is 3.58. The minimum atomic E-state index is -0.438. The van der Waals surface area contributed by atoms with E-state index in [1.54, 1.807) is 12.1 Å². The standard InChI is InChI=1S/C19H19N5O2S/c1-12-7-9-13(10-8-12)21-19-23-16(22-18(20)24-19)11-26-17(25)14-5-3-4-6-15(14)27-2/h3-10H,11H2,1-2H3,(H3,20,21,22,23,24). The van der Waals surface area contributed by atoms with Crippen LogP contribution in [0.25, 0.3) is 0 Å². The molecular formula is C19H19N5O2S. The van der Waals surface area contributed by atoms with Gasteiger partial charge in [0.1, 0.15) is 0 Å². The first-order valence-corrected chi connectivity index (χ1v) is 9.42. The zero-order valence-electron chi connectivity index (χ0n) is 15.0. The van der Waals surface area contributed by atoms with Crippen LogP contribution in [0.15, 0.2) is 53.4 Å². The van der Waals surface area contributed by atoms with Crippen LogP contribution in [0.3, 0.4) is 0 Å². The molecule has 0 aliphatic heterocycles. The van der Waals surface area contributed by atoms with Crippen molar-refractivity contribution in [3.8, 4) is 0 Å². The van der Waals surface area contributed by atoms with Crippen molar-refractivity contribution in [2.24, 2.45) is 0 Å². The Morgan fingerprint density at radius 3 is 2.59 bits per heavy atom. The van der Waals surface area contributed by atoms with Crippen LogP contribution in [0.5, 0.6) is 0 Å². The van der Waals surface area contributed by atoms with E-state index in [4.69, 9.17) is 10.5 Å². The van der Waals surface area contributed by atoms with Gasteiger partial charge < -0.3 is 15.8 Å². The minimum absolute atomic E-state index is 0.0511. The van der Waals surface area contributed by atoms with Gasteiger partial charge in [0, 0.05) is 10.6 Å². The minimum Gasteiger partial charge on any atom is -0.454 e. The molecular weight excluding hydrogens is 362 g/mol. The fourth-order valence-electron chi connectivity index (χ4n) is 2.35. The van der Waals surface area contributed by atoms with Crippen LogP contribution >= 0.6 is 11.8 Å². The van der Waals surface area contributed by atoms with E-state index in [0.717, 1.165) is 16.1 Å². The number of aromatic nitrogens is 3. The molecule has 3 rings (SSSR count). The molecule has 3 N–H and O–H groups in total. The molecule has 8 heteroatoms. The van der Waals surface area contributed by atoms with Gasteiger partial charge in [0.25, 0.3) is 0 Å². The Balaban J connectivity index is 1.70. The zero-order valence-corrected chi connectivity index (χ0v) is 15.8. The summed E-state index contributed by atoms with van der Waals surface area (Å²) in [5.41, 5.74) is 8.23. The zero-order chi connectivity index (χ0) is 19.2. The topological polar surface area (TPSA) is 103 Å². The lowest BCUT2D eigenvalue weighted by Crippen LogP contribution is -2.11. The molecule has 0 aliphatic rings. The highest BCUT2D eigenvalue weighted by atomic mass is 32.2. The molecule has 1 aromatic heterocycles. The Hall–Kier alpha value is -3.13. The van der Waals surface area contributed by atoms with Crippen molar-refractivity contribution in [2.75, 3.05) is 17.3 Å². The van der Waals surface area contributed by atoms with Gasteiger partial charge >= 0.3 is 5.97 Å². The highest BCUT2D eigenvalue weighted by Crippen LogP contribution is 2.21. The van der Waals surface area contributed by atoms with E-state index in [1.807, 2.05) is 49.6 Å². The normalized spacial score (nSPS) is 10.4. The lowest BCUT2D eigenvalue weighted by Gasteiger charge is -2.09. The number of carbonyl (C=O) groups is 1. The molecule has 0 unspecified atom stereocenters. The summed E-state index contributed by atoms with van der Waals surface area (Å²) in [5, 5.41) is 3.06. The summed E-state index contributed by atoms with van der Waals surface area (Å²) in [6, 6.07) is 15.0. The van der Waals surface area contributed by atoms with Crippen molar-refractivity contribution in [3.63, 3.8) is 0 Å². The SMILES string of the molecule is CSc1ccccc1C(=O)OCc1nc(N)nc(Nc2ccc(C)cc2)n1. The van der Waals surface area contributed by atoms with Gasteiger partial charge in [-0.25, -0.2) is 4.79 Å². The monoisotopic (exact) mass is 381 g/mol. The number of aryl methyl sites for hydroxylation is 1. The molecule has 138 valence electrons. The van der Waals surface area contributed by atoms with Crippen LogP contribution in [0.4, 0.5) is 17.6 Å². The number of hydrogen-bond acceptors (Lipinski definition) is 8. The fourth-order valence-corrected chi connectivity index (χ4v) is 2.93. The Bertz CT molecular complexity index is 947. The maximum Gasteiger partial charge on any atom is 0.339 e. The molecule has 0 saturated heterocycles. The smallest absolute Gasteiger partial charge is 0.339 e. The second kappa shape index (κ2) is 8.50. The summed E-state index contributed by atoms with van der Waals surface area (Å²) in [5.74, 6) is 0.177. The molecule has 0 spiro atoms. The van der Waals surface area contributed by atoms with Crippen LogP contribution in [-0.2, 0) is 11.3 Å². The number of nitrogens with two attached hydrogens (primary N) is 1. The number of hydrogen-bond donors (Lipinski definition) is 2. The number of nitrogens with zero attached hydrogens (tertiary/aromatic N) is 3. The molecule has 3 aromatic rings. The Labute approximate surface area is 161 Å². The Morgan fingerprint density at radius 1 is 1.11 bits per heavy atom. The van der Waals surface area contributed by atoms with Crippen LogP contribution in [0.2, 0.25) is 0 Å². The number of anilines is 3. The number of thioether (sulfide) groups is 1. The van der Waals surface area contributed by atoms with Crippen molar-refractivity contribution in [1.29, 1.82) is 0 Å². The number of benzene rings is 2. The third-order valence-electron chi connectivity index (χ3n) is 3.67. The third kappa shape index (κ3) is 4.95. The summed E-state index contributed by atoms with van der Waals surface area (Å²) in [4.78, 5) is 25.5. The molecule has 2 aromatic carbocycles. The largest absolute Gasteiger partial charge is 0.454 e. The lowest BCUT2D eigenvalue weighted by atomic mass is 10.2. The van der Waals surface area contributed by atoms with Crippen molar-refractivity contribution >= 4 is 35.3 Å². The highest BCUT2D eigenvalue weighted by molar-refractivity contribution is 7.98. The molecule has 1 heterocycles. The Kier molecular flexibility index (Phi) is 5.87. The van der Waals surface area contributed by atoms with Crippen LogP contribution < -0.4 is 11.1 Å². The number of nitrogen functional groups attached to an aromatic ring is 1. The van der Waals surface area contributed by atoms with E-state index in [2.05, 4.69) is 20.3 Å². The summed E-state index contributed by atoms with van der Waals surface area (Å²) < 4.78 is 5.34. The van der Waals surface area contributed by atoms with Gasteiger partial charge in [0.05, 0.1) is 5.56 Å². The Morgan fingerprint density at radius 2 is 1.85 bits per heavy atom. The average molecular weight is 381 g/mol. The van der Waals surface area contributed by atoms with E-state index in [0.29, 0.717) is 11.5 Å². The number of rotatable bonds is 6. The van der Waals surface area contributed by atoms with Gasteiger partial charge in [-0.2, -0.15) is 15.0 Å². The van der Waals surface area contributed by atoms with Crippen molar-refractivity contribution in [3.05, 3.63) is 65.5 Å². The summed E-state index contributed by atoms with van der Waals surface area (Å²) in [6.07, 6.45) is 1.90. The molecule has 0 bridgehead atoms. The maximum absolute atomic E-state index is 12.3. The summed E-state index contributed by atoms with van der Waals surface area (Å²) in [7, 11) is 0. The van der Waals surface area contributed by atoms with E-state index < -0.39 is 5.97 Å². The van der Waals surface area contributed by atoms with Crippen molar-refractivity contribution < 1.29 is 9.53 Å². The third-order valence-corrected chi connectivity index (χ3v) is 4.46. The van der Waals surface area contributed by atoms with Gasteiger partial charge in [-0.1, -0.05) is 29.8 Å². The molecule has 0 saturated carbocycles.